The van der Waals surface area contributed by atoms with Gasteiger partial charge < -0.3 is 10.2 Å². The summed E-state index contributed by atoms with van der Waals surface area (Å²) in [5.41, 5.74) is 1.87. The maximum Gasteiger partial charge on any atom is 0.264 e. The Bertz CT molecular complexity index is 1660. The number of carbonyl (C=O) groups is 2. The Hall–Kier alpha value is -4.02. The molecule has 0 heterocycles. The number of amides is 2. The summed E-state index contributed by atoms with van der Waals surface area (Å²) in [6, 6.07) is 28.4. The zero-order valence-corrected chi connectivity index (χ0v) is 27.0. The van der Waals surface area contributed by atoms with Gasteiger partial charge in [-0.1, -0.05) is 83.5 Å². The van der Waals surface area contributed by atoms with Gasteiger partial charge in [0.2, 0.25) is 11.8 Å². The summed E-state index contributed by atoms with van der Waals surface area (Å²) in [6.07, 6.45) is 0.917. The quantitative estimate of drug-likeness (QED) is 0.179. The van der Waals surface area contributed by atoms with Gasteiger partial charge in [0.25, 0.3) is 10.0 Å². The topological polar surface area (TPSA) is 86.8 Å². The second kappa shape index (κ2) is 15.1. The lowest BCUT2D eigenvalue weighted by Crippen LogP contribution is -2.54. The van der Waals surface area contributed by atoms with E-state index in [1.807, 2.05) is 68.4 Å². The minimum absolute atomic E-state index is 0.0585. The van der Waals surface area contributed by atoms with Crippen molar-refractivity contribution in [2.75, 3.05) is 10.8 Å². The van der Waals surface area contributed by atoms with Crippen molar-refractivity contribution in [2.24, 2.45) is 0 Å². The van der Waals surface area contributed by atoms with Gasteiger partial charge in [-0.3, -0.25) is 13.9 Å². The number of hydrogen-bond donors (Lipinski definition) is 1. The van der Waals surface area contributed by atoms with Crippen LogP contribution >= 0.6 is 15.9 Å². The Morgan fingerprint density at radius 1 is 0.864 bits per heavy atom. The number of rotatable bonds is 13. The molecule has 44 heavy (non-hydrogen) atoms. The number of anilines is 1. The Labute approximate surface area is 266 Å². The molecule has 0 aliphatic rings. The molecular weight excluding hydrogens is 645 g/mol. The highest BCUT2D eigenvalue weighted by atomic mass is 79.9. The van der Waals surface area contributed by atoms with Crippen LogP contribution in [0, 0.1) is 5.82 Å². The lowest BCUT2D eigenvalue weighted by Gasteiger charge is -2.34. The number of para-hydroxylation sites is 1. The monoisotopic (exact) mass is 679 g/mol. The molecule has 0 aliphatic carbocycles. The van der Waals surface area contributed by atoms with Gasteiger partial charge in [-0.15, -0.1) is 0 Å². The van der Waals surface area contributed by atoms with Crippen LogP contribution in [-0.4, -0.2) is 43.8 Å². The van der Waals surface area contributed by atoms with E-state index in [4.69, 9.17) is 0 Å². The van der Waals surface area contributed by atoms with Crippen LogP contribution in [0.15, 0.2) is 119 Å². The Kier molecular flexibility index (Phi) is 11.3. The summed E-state index contributed by atoms with van der Waals surface area (Å²) in [7, 11) is -4.30. The van der Waals surface area contributed by atoms with Gasteiger partial charge in [0, 0.05) is 23.5 Å². The highest BCUT2D eigenvalue weighted by molar-refractivity contribution is 9.10. The smallest absolute Gasteiger partial charge is 0.264 e. The van der Waals surface area contributed by atoms with E-state index < -0.39 is 34.3 Å². The molecule has 4 aromatic carbocycles. The van der Waals surface area contributed by atoms with Gasteiger partial charge in [-0.2, -0.15) is 0 Å². The molecule has 0 fully saturated rings. The minimum atomic E-state index is -4.30. The molecule has 7 nitrogen and oxygen atoms in total. The summed E-state index contributed by atoms with van der Waals surface area (Å²) in [6.45, 7) is 3.33. The summed E-state index contributed by atoms with van der Waals surface area (Å²) in [5.74, 6) is -1.48. The third-order valence-corrected chi connectivity index (χ3v) is 9.52. The van der Waals surface area contributed by atoms with Crippen LogP contribution in [0.1, 0.15) is 31.4 Å². The van der Waals surface area contributed by atoms with Gasteiger partial charge in [-0.25, -0.2) is 12.8 Å². The summed E-state index contributed by atoms with van der Waals surface area (Å²) < 4.78 is 43.4. The van der Waals surface area contributed by atoms with E-state index in [-0.39, 0.29) is 35.5 Å². The molecule has 4 rings (SSSR count). The molecule has 0 saturated carbocycles. The van der Waals surface area contributed by atoms with E-state index in [2.05, 4.69) is 21.2 Å². The Morgan fingerprint density at radius 3 is 2.09 bits per heavy atom. The van der Waals surface area contributed by atoms with Crippen molar-refractivity contribution in [3.63, 3.8) is 0 Å². The predicted molar refractivity (Wildman–Crippen MR) is 174 cm³/mol. The number of carbonyl (C=O) groups excluding carboxylic acids is 2. The molecule has 0 aliphatic heterocycles. The molecule has 10 heteroatoms. The average molecular weight is 681 g/mol. The average Bonchev–Trinajstić information content (AvgIpc) is 3.02. The molecule has 0 radical (unpaired) electrons. The molecule has 0 unspecified atom stereocenters. The van der Waals surface area contributed by atoms with Gasteiger partial charge in [-0.05, 0) is 73.0 Å². The number of hydrogen-bond acceptors (Lipinski definition) is 4. The van der Waals surface area contributed by atoms with Crippen LogP contribution in [0.2, 0.25) is 0 Å². The van der Waals surface area contributed by atoms with Crippen LogP contribution in [-0.2, 0) is 32.6 Å². The largest absolute Gasteiger partial charge is 0.352 e. The minimum Gasteiger partial charge on any atom is -0.352 e. The molecule has 0 aromatic heterocycles. The van der Waals surface area contributed by atoms with Crippen molar-refractivity contribution in [2.45, 2.75) is 50.2 Å². The van der Waals surface area contributed by atoms with E-state index in [0.717, 1.165) is 32.0 Å². The summed E-state index contributed by atoms with van der Waals surface area (Å²) in [5, 5.41) is 3.02. The normalized spacial score (nSPS) is 12.6. The van der Waals surface area contributed by atoms with Crippen LogP contribution < -0.4 is 9.62 Å². The molecule has 2 atom stereocenters. The zero-order chi connectivity index (χ0) is 31.7. The van der Waals surface area contributed by atoms with Crippen molar-refractivity contribution < 1.29 is 22.4 Å². The molecule has 0 bridgehead atoms. The number of nitrogens with zero attached hydrogens (tertiary/aromatic N) is 2. The molecule has 4 aromatic rings. The third-order valence-electron chi connectivity index (χ3n) is 7.24. The van der Waals surface area contributed by atoms with Crippen molar-refractivity contribution >= 4 is 43.5 Å². The number of benzene rings is 4. The number of halogens is 2. The van der Waals surface area contributed by atoms with E-state index >= 15 is 0 Å². The lowest BCUT2D eigenvalue weighted by molar-refractivity contribution is -0.140. The molecular formula is C34H35BrFN3O4S. The van der Waals surface area contributed by atoms with Crippen molar-refractivity contribution in [1.82, 2.24) is 10.2 Å². The van der Waals surface area contributed by atoms with Gasteiger partial charge in [0.15, 0.2) is 0 Å². The van der Waals surface area contributed by atoms with E-state index in [0.29, 0.717) is 6.42 Å². The van der Waals surface area contributed by atoms with Gasteiger partial charge in [0.05, 0.1) is 10.6 Å². The zero-order valence-electron chi connectivity index (χ0n) is 24.6. The maximum absolute atomic E-state index is 14.4. The first-order valence-corrected chi connectivity index (χ1v) is 16.5. The van der Waals surface area contributed by atoms with Crippen LogP contribution in [0.4, 0.5) is 10.1 Å². The number of nitrogens with one attached hydrogen (secondary N) is 1. The van der Waals surface area contributed by atoms with E-state index in [1.54, 1.807) is 30.3 Å². The summed E-state index contributed by atoms with van der Waals surface area (Å²) >= 11 is 3.48. The van der Waals surface area contributed by atoms with Crippen LogP contribution in [0.5, 0.6) is 0 Å². The SMILES string of the molecule is CC[C@H](C)NC(=O)[C@@H](Cc1ccccc1)N(Cc1cccc(Br)c1)C(=O)CN(c1ccccc1)S(=O)(=O)c1ccc(F)cc1. The highest BCUT2D eigenvalue weighted by Crippen LogP contribution is 2.25. The molecule has 2 amide bonds. The first-order chi connectivity index (χ1) is 21.1. The molecule has 1 N–H and O–H groups in total. The second-order valence-electron chi connectivity index (χ2n) is 10.5. The Morgan fingerprint density at radius 2 is 1.48 bits per heavy atom. The first-order valence-electron chi connectivity index (χ1n) is 14.3. The van der Waals surface area contributed by atoms with Crippen LogP contribution in [0.3, 0.4) is 0 Å². The van der Waals surface area contributed by atoms with Crippen molar-refractivity contribution in [3.05, 3.63) is 131 Å². The standard InChI is InChI=1S/C34H35BrFN3O4S/c1-3-25(2)37-34(41)32(22-26-11-6-4-7-12-26)38(23-27-13-10-14-28(35)21-27)33(40)24-39(30-15-8-5-9-16-30)44(42,43)31-19-17-29(36)18-20-31/h4-21,25,32H,3,22-24H2,1-2H3,(H,37,41)/t25-,32+/m0/s1. The van der Waals surface area contributed by atoms with Crippen LogP contribution in [0.25, 0.3) is 0 Å². The first kappa shape index (κ1) is 32.9. The van der Waals surface area contributed by atoms with Gasteiger partial charge in [0.1, 0.15) is 18.4 Å². The lowest BCUT2D eigenvalue weighted by atomic mass is 10.0. The van der Waals surface area contributed by atoms with E-state index in [9.17, 15) is 22.4 Å². The van der Waals surface area contributed by atoms with Gasteiger partial charge >= 0.3 is 0 Å². The predicted octanol–water partition coefficient (Wildman–Crippen LogP) is 6.34. The fourth-order valence-corrected chi connectivity index (χ4v) is 6.54. The fourth-order valence-electron chi connectivity index (χ4n) is 4.68. The third kappa shape index (κ3) is 8.54. The van der Waals surface area contributed by atoms with Crippen molar-refractivity contribution in [1.29, 1.82) is 0 Å². The molecule has 0 saturated heterocycles. The van der Waals surface area contributed by atoms with E-state index in [1.165, 1.54) is 17.0 Å². The fraction of sp³-hybridized carbons (Fsp3) is 0.235. The summed E-state index contributed by atoms with van der Waals surface area (Å²) in [4.78, 5) is 29.5. The highest BCUT2D eigenvalue weighted by Gasteiger charge is 2.35. The number of sulfonamides is 1. The maximum atomic E-state index is 14.4. The Balaban J connectivity index is 1.79. The van der Waals surface area contributed by atoms with Crippen molar-refractivity contribution in [3.8, 4) is 0 Å². The second-order valence-corrected chi connectivity index (χ2v) is 13.3. The molecule has 230 valence electrons. The molecule has 0 spiro atoms.